The van der Waals surface area contributed by atoms with E-state index >= 15 is 0 Å². The minimum atomic E-state index is -0.293. The minimum Gasteiger partial charge on any atom is -0.298 e. The van der Waals surface area contributed by atoms with Crippen molar-refractivity contribution in [3.05, 3.63) is 88.9 Å². The first-order valence-electron chi connectivity index (χ1n) is 11.4. The van der Waals surface area contributed by atoms with Gasteiger partial charge >= 0.3 is 0 Å². The highest BCUT2D eigenvalue weighted by atomic mass is 19.1. The van der Waals surface area contributed by atoms with Gasteiger partial charge in [0.05, 0.1) is 16.5 Å². The molecule has 2 amide bonds. The molecule has 0 unspecified atom stereocenters. The number of carbonyl (C=O) groups is 2. The molecule has 6 rings (SSSR count). The first-order valence-corrected chi connectivity index (χ1v) is 11.4. The summed E-state index contributed by atoms with van der Waals surface area (Å²) in [6.45, 7) is 4.31. The van der Waals surface area contributed by atoms with E-state index in [4.69, 9.17) is 4.98 Å². The first-order chi connectivity index (χ1) is 16.9. The number of halogens is 1. The third kappa shape index (κ3) is 3.23. The summed E-state index contributed by atoms with van der Waals surface area (Å²) in [6.07, 6.45) is 2.68. The molecule has 1 aliphatic heterocycles. The van der Waals surface area contributed by atoms with Crippen LogP contribution in [-0.2, 0) is 6.42 Å². The van der Waals surface area contributed by atoms with Crippen molar-refractivity contribution < 1.29 is 14.0 Å². The molecule has 0 bridgehead atoms. The molecule has 0 atom stereocenters. The van der Waals surface area contributed by atoms with E-state index in [-0.39, 0.29) is 17.6 Å². The number of aromatic nitrogens is 5. The zero-order chi connectivity index (χ0) is 24.3. The lowest BCUT2D eigenvalue weighted by Gasteiger charge is -2.12. The van der Waals surface area contributed by atoms with E-state index in [1.807, 2.05) is 18.4 Å². The molecule has 3 aromatic heterocycles. The summed E-state index contributed by atoms with van der Waals surface area (Å²) in [4.78, 5) is 35.8. The minimum absolute atomic E-state index is 0.257. The van der Waals surface area contributed by atoms with Crippen LogP contribution in [0.1, 0.15) is 44.2 Å². The van der Waals surface area contributed by atoms with Crippen molar-refractivity contribution in [2.24, 2.45) is 0 Å². The van der Waals surface area contributed by atoms with Crippen LogP contribution in [0.2, 0.25) is 0 Å². The predicted molar refractivity (Wildman–Crippen MR) is 127 cm³/mol. The van der Waals surface area contributed by atoms with Crippen molar-refractivity contribution in [3.8, 4) is 5.69 Å². The molecule has 0 spiro atoms. The van der Waals surface area contributed by atoms with Crippen LogP contribution in [0.4, 0.5) is 4.39 Å². The number of fused-ring (bicyclic) bond motifs is 4. The Hall–Kier alpha value is -4.40. The Balaban J connectivity index is 1.28. The summed E-state index contributed by atoms with van der Waals surface area (Å²) in [5, 5.41) is 5.45. The van der Waals surface area contributed by atoms with E-state index < -0.39 is 0 Å². The van der Waals surface area contributed by atoms with Crippen LogP contribution in [0.15, 0.2) is 54.9 Å². The number of nitrogens with zero attached hydrogens (tertiary/aromatic N) is 6. The number of benzene rings is 2. The predicted octanol–water partition coefficient (Wildman–Crippen LogP) is 4.05. The Morgan fingerprint density at radius 2 is 1.60 bits per heavy atom. The molecule has 0 N–H and O–H groups in total. The second-order valence-corrected chi connectivity index (χ2v) is 8.67. The molecule has 5 aromatic rings. The smallest absolute Gasteiger partial charge is 0.261 e. The Morgan fingerprint density at radius 3 is 2.29 bits per heavy atom. The van der Waals surface area contributed by atoms with E-state index in [0.29, 0.717) is 42.0 Å². The molecule has 0 fully saturated rings. The van der Waals surface area contributed by atoms with Gasteiger partial charge in [-0.05, 0) is 62.2 Å². The molecule has 0 aliphatic carbocycles. The average molecular weight is 468 g/mol. The molecule has 2 aromatic carbocycles. The zero-order valence-electron chi connectivity index (χ0n) is 19.2. The van der Waals surface area contributed by atoms with Crippen molar-refractivity contribution in [2.45, 2.75) is 26.7 Å². The van der Waals surface area contributed by atoms with Gasteiger partial charge < -0.3 is 0 Å². The second kappa shape index (κ2) is 7.83. The van der Waals surface area contributed by atoms with Gasteiger partial charge in [0.15, 0.2) is 17.1 Å². The van der Waals surface area contributed by atoms with Crippen LogP contribution < -0.4 is 0 Å². The molecule has 35 heavy (non-hydrogen) atoms. The molecule has 0 saturated carbocycles. The average Bonchev–Trinajstić information content (AvgIpc) is 3.47. The van der Waals surface area contributed by atoms with Gasteiger partial charge in [0, 0.05) is 24.3 Å². The van der Waals surface area contributed by atoms with Gasteiger partial charge in [-0.3, -0.25) is 19.1 Å². The van der Waals surface area contributed by atoms with E-state index in [9.17, 15) is 14.0 Å². The summed E-state index contributed by atoms with van der Waals surface area (Å²) in [6, 6.07) is 13.2. The number of hydrogen-bond acceptors (Lipinski definition) is 5. The fraction of sp³-hybridized carbons (Fsp3) is 0.192. The van der Waals surface area contributed by atoms with Gasteiger partial charge in [0.25, 0.3) is 11.8 Å². The fourth-order valence-electron chi connectivity index (χ4n) is 4.75. The highest BCUT2D eigenvalue weighted by Gasteiger charge is 2.34. The Kier molecular flexibility index (Phi) is 4.73. The molecule has 8 nitrogen and oxygen atoms in total. The number of carbonyl (C=O) groups excluding carboxylic acids is 2. The van der Waals surface area contributed by atoms with Crippen molar-refractivity contribution in [1.82, 2.24) is 29.0 Å². The van der Waals surface area contributed by atoms with Crippen molar-refractivity contribution in [1.29, 1.82) is 0 Å². The van der Waals surface area contributed by atoms with Gasteiger partial charge in [0.2, 0.25) is 0 Å². The van der Waals surface area contributed by atoms with Gasteiger partial charge in [-0.2, -0.15) is 0 Å². The maximum Gasteiger partial charge on any atom is 0.261 e. The quantitative estimate of drug-likeness (QED) is 0.363. The molecule has 9 heteroatoms. The molecule has 174 valence electrons. The summed E-state index contributed by atoms with van der Waals surface area (Å²) >= 11 is 0. The highest BCUT2D eigenvalue weighted by Crippen LogP contribution is 2.30. The fourth-order valence-corrected chi connectivity index (χ4v) is 4.75. The van der Waals surface area contributed by atoms with Crippen LogP contribution in [0.3, 0.4) is 0 Å². The number of hydrogen-bond donors (Lipinski definition) is 0. The van der Waals surface area contributed by atoms with Gasteiger partial charge in [-0.1, -0.05) is 12.1 Å². The third-order valence-corrected chi connectivity index (χ3v) is 6.62. The molecular formula is C26H21FN6O2. The standard InChI is InChI=1S/C26H21FN6O2/c1-15-16(2)33(18-11-9-17(27)10-12-18)23-22(15)24-29-21(30-32(24)14-28-23)8-5-13-31-25(34)19-6-3-4-7-20(19)26(31)35/h3-4,6-7,9-12,14H,5,8,13H2,1-2H3. The molecule has 4 heterocycles. The summed E-state index contributed by atoms with van der Waals surface area (Å²) in [5.41, 5.74) is 5.15. The van der Waals surface area contributed by atoms with Crippen LogP contribution in [0, 0.1) is 19.7 Å². The Bertz CT molecular complexity index is 1620. The molecular weight excluding hydrogens is 447 g/mol. The summed E-state index contributed by atoms with van der Waals surface area (Å²) < 4.78 is 17.1. The maximum absolute atomic E-state index is 13.5. The topological polar surface area (TPSA) is 85.4 Å². The van der Waals surface area contributed by atoms with E-state index in [2.05, 4.69) is 10.1 Å². The lowest BCUT2D eigenvalue weighted by atomic mass is 10.1. The number of rotatable bonds is 5. The SMILES string of the molecule is Cc1c(C)n(-c2ccc(F)cc2)c2ncn3nc(CCCN4C(=O)c5ccccc5C4=O)nc3c12. The van der Waals surface area contributed by atoms with Crippen molar-refractivity contribution >= 4 is 28.5 Å². The lowest BCUT2D eigenvalue weighted by Crippen LogP contribution is -2.31. The van der Waals surface area contributed by atoms with Gasteiger partial charge in [-0.15, -0.1) is 5.10 Å². The lowest BCUT2D eigenvalue weighted by molar-refractivity contribution is 0.0652. The normalized spacial score (nSPS) is 13.4. The number of amides is 2. The first kappa shape index (κ1) is 21.2. The monoisotopic (exact) mass is 468 g/mol. The van der Waals surface area contributed by atoms with E-state index in [0.717, 1.165) is 28.0 Å². The summed E-state index contributed by atoms with van der Waals surface area (Å²) in [5.74, 6) is -0.193. The number of imide groups is 1. The molecule has 1 aliphatic rings. The van der Waals surface area contributed by atoms with Crippen LogP contribution in [-0.4, -0.2) is 47.4 Å². The van der Waals surface area contributed by atoms with E-state index in [1.54, 1.807) is 47.2 Å². The summed E-state index contributed by atoms with van der Waals surface area (Å²) in [7, 11) is 0. The Morgan fingerprint density at radius 1 is 0.914 bits per heavy atom. The van der Waals surface area contributed by atoms with Gasteiger partial charge in [0.1, 0.15) is 12.1 Å². The zero-order valence-corrected chi connectivity index (χ0v) is 19.2. The van der Waals surface area contributed by atoms with Crippen molar-refractivity contribution in [3.63, 3.8) is 0 Å². The van der Waals surface area contributed by atoms with Crippen LogP contribution in [0.5, 0.6) is 0 Å². The molecule has 0 radical (unpaired) electrons. The maximum atomic E-state index is 13.5. The largest absolute Gasteiger partial charge is 0.298 e. The Labute approximate surface area is 199 Å². The van der Waals surface area contributed by atoms with Crippen LogP contribution in [0.25, 0.3) is 22.4 Å². The van der Waals surface area contributed by atoms with Crippen LogP contribution >= 0.6 is 0 Å². The van der Waals surface area contributed by atoms with Gasteiger partial charge in [-0.25, -0.2) is 18.9 Å². The third-order valence-electron chi connectivity index (χ3n) is 6.62. The van der Waals surface area contributed by atoms with E-state index in [1.165, 1.54) is 17.0 Å². The van der Waals surface area contributed by atoms with Crippen molar-refractivity contribution in [2.75, 3.05) is 6.54 Å². The number of aryl methyl sites for hydroxylation is 2. The highest BCUT2D eigenvalue weighted by molar-refractivity contribution is 6.21. The molecule has 0 saturated heterocycles. The second-order valence-electron chi connectivity index (χ2n) is 8.67.